The summed E-state index contributed by atoms with van der Waals surface area (Å²) in [6.45, 7) is 1.94. The van der Waals surface area contributed by atoms with Crippen LogP contribution < -0.4 is 5.32 Å². The van der Waals surface area contributed by atoms with Crippen LogP contribution in [0, 0.1) is 6.92 Å². The molecule has 3 nitrogen and oxygen atoms in total. The zero-order valence-corrected chi connectivity index (χ0v) is 16.4. The van der Waals surface area contributed by atoms with Crippen LogP contribution in [-0.4, -0.2) is 10.9 Å². The number of carbonyl (C=O) groups is 1. The van der Waals surface area contributed by atoms with Crippen LogP contribution in [-0.2, 0) is 0 Å². The molecule has 122 valence electrons. The van der Waals surface area contributed by atoms with Gasteiger partial charge < -0.3 is 0 Å². The number of aromatic nitrogens is 1. The van der Waals surface area contributed by atoms with Crippen LogP contribution in [0.4, 0.5) is 5.13 Å². The summed E-state index contributed by atoms with van der Waals surface area (Å²) in [4.78, 5) is 17.8. The quantitative estimate of drug-likeness (QED) is 0.508. The molecule has 1 amide bonds. The van der Waals surface area contributed by atoms with E-state index in [1.807, 2.05) is 25.1 Å². The summed E-state index contributed by atoms with van der Waals surface area (Å²) in [7, 11) is 0. The summed E-state index contributed by atoms with van der Waals surface area (Å²) in [5, 5.41) is 4.45. The summed E-state index contributed by atoms with van der Waals surface area (Å²) < 4.78 is 0.920. The Hall–Kier alpha value is -1.40. The van der Waals surface area contributed by atoms with E-state index in [1.54, 1.807) is 24.3 Å². The highest BCUT2D eigenvalue weighted by molar-refractivity contribution is 9.10. The van der Waals surface area contributed by atoms with Gasteiger partial charge in [0.15, 0.2) is 5.13 Å². The first-order valence-electron chi connectivity index (χ1n) is 6.94. The van der Waals surface area contributed by atoms with Crippen LogP contribution in [0.25, 0.3) is 11.3 Å². The molecule has 0 spiro atoms. The Labute approximate surface area is 161 Å². The minimum atomic E-state index is -0.204. The van der Waals surface area contributed by atoms with Gasteiger partial charge in [-0.1, -0.05) is 39.1 Å². The first kappa shape index (κ1) is 17.4. The molecule has 0 saturated heterocycles. The van der Waals surface area contributed by atoms with E-state index < -0.39 is 0 Å². The fourth-order valence-electron chi connectivity index (χ4n) is 2.15. The molecule has 3 aromatic rings. The van der Waals surface area contributed by atoms with E-state index in [1.165, 1.54) is 11.3 Å². The van der Waals surface area contributed by atoms with Crippen molar-refractivity contribution in [2.24, 2.45) is 0 Å². The summed E-state index contributed by atoms with van der Waals surface area (Å²) in [5.41, 5.74) is 2.10. The monoisotopic (exact) mass is 440 g/mol. The predicted molar refractivity (Wildman–Crippen MR) is 104 cm³/mol. The van der Waals surface area contributed by atoms with Crippen molar-refractivity contribution in [3.63, 3.8) is 0 Å². The number of benzene rings is 2. The average molecular weight is 442 g/mol. The molecule has 24 heavy (non-hydrogen) atoms. The molecule has 0 unspecified atom stereocenters. The molecule has 0 aliphatic heterocycles. The van der Waals surface area contributed by atoms with E-state index in [0.717, 1.165) is 20.6 Å². The Bertz CT molecular complexity index is 909. The molecule has 0 atom stereocenters. The van der Waals surface area contributed by atoms with E-state index >= 15 is 0 Å². The van der Waals surface area contributed by atoms with E-state index in [4.69, 9.17) is 23.2 Å². The number of hydrogen-bond acceptors (Lipinski definition) is 3. The van der Waals surface area contributed by atoms with Gasteiger partial charge in [-0.15, -0.1) is 11.3 Å². The number of amides is 1. The molecular weight excluding hydrogens is 431 g/mol. The lowest BCUT2D eigenvalue weighted by molar-refractivity contribution is 0.102. The standard InChI is InChI=1S/C17H11BrCl2N2OS/c1-9-15(13-7-6-12(19)8-14(13)20)21-17(24-9)22-16(23)10-2-4-11(18)5-3-10/h2-8H,1H3,(H,21,22,23). The van der Waals surface area contributed by atoms with Gasteiger partial charge in [-0.3, -0.25) is 10.1 Å². The number of rotatable bonds is 3. The number of halogens is 3. The van der Waals surface area contributed by atoms with Gasteiger partial charge in [-0.05, 0) is 49.4 Å². The molecule has 1 N–H and O–H groups in total. The third-order valence-corrected chi connectivity index (χ3v) is 5.27. The van der Waals surface area contributed by atoms with Crippen molar-refractivity contribution in [3.8, 4) is 11.3 Å². The minimum Gasteiger partial charge on any atom is -0.298 e. The highest BCUT2D eigenvalue weighted by Gasteiger charge is 2.15. The van der Waals surface area contributed by atoms with Crippen molar-refractivity contribution in [2.75, 3.05) is 5.32 Å². The van der Waals surface area contributed by atoms with E-state index in [-0.39, 0.29) is 5.91 Å². The third kappa shape index (κ3) is 3.81. The summed E-state index contributed by atoms with van der Waals surface area (Å²) in [6, 6.07) is 12.4. The van der Waals surface area contributed by atoms with Crippen LogP contribution in [0.3, 0.4) is 0 Å². The van der Waals surface area contributed by atoms with Crippen LogP contribution in [0.15, 0.2) is 46.9 Å². The normalized spacial score (nSPS) is 10.7. The van der Waals surface area contributed by atoms with Crippen LogP contribution in [0.2, 0.25) is 10.0 Å². The smallest absolute Gasteiger partial charge is 0.257 e. The molecular formula is C17H11BrCl2N2OS. The summed E-state index contributed by atoms with van der Waals surface area (Å²) in [5.74, 6) is -0.204. The van der Waals surface area contributed by atoms with E-state index in [2.05, 4.69) is 26.2 Å². The van der Waals surface area contributed by atoms with E-state index in [9.17, 15) is 4.79 Å². The van der Waals surface area contributed by atoms with Crippen LogP contribution in [0.5, 0.6) is 0 Å². The Kier molecular flexibility index (Phi) is 5.25. The largest absolute Gasteiger partial charge is 0.298 e. The van der Waals surface area contributed by atoms with Gasteiger partial charge in [0.1, 0.15) is 0 Å². The lowest BCUT2D eigenvalue weighted by atomic mass is 10.1. The minimum absolute atomic E-state index is 0.204. The summed E-state index contributed by atoms with van der Waals surface area (Å²) in [6.07, 6.45) is 0. The molecule has 0 aliphatic rings. The Morgan fingerprint density at radius 3 is 2.54 bits per heavy atom. The maximum absolute atomic E-state index is 12.3. The lowest BCUT2D eigenvalue weighted by Crippen LogP contribution is -2.11. The fourth-order valence-corrected chi connectivity index (χ4v) is 3.74. The Morgan fingerprint density at radius 2 is 1.88 bits per heavy atom. The van der Waals surface area contributed by atoms with Crippen molar-refractivity contribution in [3.05, 3.63) is 67.4 Å². The molecule has 1 heterocycles. The molecule has 0 aliphatic carbocycles. The van der Waals surface area contributed by atoms with Crippen molar-refractivity contribution in [1.82, 2.24) is 4.98 Å². The number of nitrogens with zero attached hydrogens (tertiary/aromatic N) is 1. The molecule has 0 bridgehead atoms. The van der Waals surface area contributed by atoms with Crippen LogP contribution in [0.1, 0.15) is 15.2 Å². The maximum atomic E-state index is 12.3. The number of anilines is 1. The van der Waals surface area contributed by atoms with Gasteiger partial charge in [0, 0.05) is 25.5 Å². The van der Waals surface area contributed by atoms with E-state index in [0.29, 0.717) is 20.7 Å². The number of carbonyl (C=O) groups excluding carboxylic acids is 1. The second-order valence-corrected chi connectivity index (χ2v) is 7.97. The van der Waals surface area contributed by atoms with Gasteiger partial charge in [0.05, 0.1) is 10.7 Å². The van der Waals surface area contributed by atoms with Gasteiger partial charge >= 0.3 is 0 Å². The van der Waals surface area contributed by atoms with Gasteiger partial charge in [-0.25, -0.2) is 4.98 Å². The first-order valence-corrected chi connectivity index (χ1v) is 9.30. The molecule has 0 fully saturated rings. The van der Waals surface area contributed by atoms with Crippen LogP contribution >= 0.6 is 50.5 Å². The van der Waals surface area contributed by atoms with Crippen molar-refractivity contribution in [2.45, 2.75) is 6.92 Å². The SMILES string of the molecule is Cc1sc(NC(=O)c2ccc(Br)cc2)nc1-c1ccc(Cl)cc1Cl. The molecule has 2 aromatic carbocycles. The van der Waals surface area contributed by atoms with Crippen molar-refractivity contribution >= 4 is 61.5 Å². The topological polar surface area (TPSA) is 42.0 Å². The third-order valence-electron chi connectivity index (χ3n) is 3.31. The second-order valence-electron chi connectivity index (χ2n) is 5.01. The zero-order chi connectivity index (χ0) is 17.3. The number of nitrogens with one attached hydrogen (secondary N) is 1. The lowest BCUT2D eigenvalue weighted by Gasteiger charge is -2.03. The Balaban J connectivity index is 1.86. The van der Waals surface area contributed by atoms with Crippen molar-refractivity contribution < 1.29 is 4.79 Å². The number of thiazole rings is 1. The second kappa shape index (κ2) is 7.23. The predicted octanol–water partition coefficient (Wildman–Crippen LogP) is 6.44. The van der Waals surface area contributed by atoms with Gasteiger partial charge in [0.25, 0.3) is 5.91 Å². The first-order chi connectivity index (χ1) is 11.4. The Morgan fingerprint density at radius 1 is 1.17 bits per heavy atom. The van der Waals surface area contributed by atoms with Crippen molar-refractivity contribution in [1.29, 1.82) is 0 Å². The highest BCUT2D eigenvalue weighted by atomic mass is 79.9. The average Bonchev–Trinajstić information content (AvgIpc) is 2.88. The molecule has 1 aromatic heterocycles. The molecule has 7 heteroatoms. The molecule has 0 radical (unpaired) electrons. The zero-order valence-electron chi connectivity index (χ0n) is 12.4. The fraction of sp³-hybridized carbons (Fsp3) is 0.0588. The molecule has 0 saturated carbocycles. The van der Waals surface area contributed by atoms with Gasteiger partial charge in [0.2, 0.25) is 0 Å². The molecule has 3 rings (SSSR count). The number of aryl methyl sites for hydroxylation is 1. The summed E-state index contributed by atoms with van der Waals surface area (Å²) >= 11 is 16.9. The van der Waals surface area contributed by atoms with Gasteiger partial charge in [-0.2, -0.15) is 0 Å². The number of hydrogen-bond donors (Lipinski definition) is 1. The maximum Gasteiger partial charge on any atom is 0.257 e. The highest BCUT2D eigenvalue weighted by Crippen LogP contribution is 2.35.